The molecule has 1 unspecified atom stereocenters. The Morgan fingerprint density at radius 3 is 2.78 bits per heavy atom. The van der Waals surface area contributed by atoms with Gasteiger partial charge in [-0.1, -0.05) is 29.3 Å². The number of hydrogen-bond acceptors (Lipinski definition) is 3. The summed E-state index contributed by atoms with van der Waals surface area (Å²) in [5, 5.41) is 5.46. The Morgan fingerprint density at radius 2 is 2.11 bits per heavy atom. The molecule has 0 aliphatic rings. The van der Waals surface area contributed by atoms with Gasteiger partial charge in [-0.15, -0.1) is 11.3 Å². The van der Waals surface area contributed by atoms with E-state index in [1.807, 2.05) is 17.5 Å². The lowest BCUT2D eigenvalue weighted by Gasteiger charge is -2.12. The highest BCUT2D eigenvalue weighted by Gasteiger charge is 2.17. The minimum absolute atomic E-state index is 0.318. The van der Waals surface area contributed by atoms with Crippen molar-refractivity contribution in [3.8, 4) is 0 Å². The summed E-state index contributed by atoms with van der Waals surface area (Å²) in [7, 11) is 0. The van der Waals surface area contributed by atoms with E-state index in [2.05, 4.69) is 5.32 Å². The van der Waals surface area contributed by atoms with Crippen LogP contribution in [0.5, 0.6) is 0 Å². The van der Waals surface area contributed by atoms with Crippen LogP contribution in [0.2, 0.25) is 10.0 Å². The normalized spacial score (nSPS) is 12.2. The molecule has 0 radical (unpaired) electrons. The molecule has 0 fully saturated rings. The number of amides is 1. The number of rotatable bonds is 3. The van der Waals surface area contributed by atoms with E-state index in [-0.39, 0.29) is 5.91 Å². The number of halogens is 2. The lowest BCUT2D eigenvalue weighted by atomic mass is 10.2. The first-order chi connectivity index (χ1) is 8.58. The van der Waals surface area contributed by atoms with E-state index in [9.17, 15) is 4.79 Å². The van der Waals surface area contributed by atoms with Crippen LogP contribution >= 0.6 is 34.5 Å². The molecule has 0 saturated carbocycles. The van der Waals surface area contributed by atoms with Crippen molar-refractivity contribution in [3.63, 3.8) is 0 Å². The molecule has 2 rings (SSSR count). The van der Waals surface area contributed by atoms with Gasteiger partial charge in [-0.2, -0.15) is 0 Å². The summed E-state index contributed by atoms with van der Waals surface area (Å²) in [5.41, 5.74) is 6.30. The molecule has 1 aromatic heterocycles. The van der Waals surface area contributed by atoms with Gasteiger partial charge >= 0.3 is 0 Å². The molecule has 3 nitrogen and oxygen atoms in total. The SMILES string of the molecule is NC(C(=O)Nc1cc(Cl)ccc1Cl)c1cccs1. The maximum atomic E-state index is 11.9. The highest BCUT2D eigenvalue weighted by molar-refractivity contribution is 7.10. The summed E-state index contributed by atoms with van der Waals surface area (Å²) in [6.45, 7) is 0. The molecule has 3 N–H and O–H groups in total. The molecule has 94 valence electrons. The number of carbonyl (C=O) groups excluding carboxylic acids is 1. The van der Waals surface area contributed by atoms with Crippen LogP contribution in [-0.4, -0.2) is 5.91 Å². The molecule has 0 aliphatic heterocycles. The standard InChI is InChI=1S/C12H10Cl2N2OS/c13-7-3-4-8(14)9(6-7)16-12(17)11(15)10-2-1-5-18-10/h1-6,11H,15H2,(H,16,17). The number of carbonyl (C=O) groups is 1. The van der Waals surface area contributed by atoms with Gasteiger partial charge in [-0.3, -0.25) is 4.79 Å². The predicted molar refractivity (Wildman–Crippen MR) is 76.3 cm³/mol. The third kappa shape index (κ3) is 3.03. The van der Waals surface area contributed by atoms with Gasteiger partial charge in [0.1, 0.15) is 6.04 Å². The monoisotopic (exact) mass is 300 g/mol. The average molecular weight is 301 g/mol. The number of hydrogen-bond donors (Lipinski definition) is 2. The average Bonchev–Trinajstić information content (AvgIpc) is 2.86. The van der Waals surface area contributed by atoms with Crippen molar-refractivity contribution in [3.05, 3.63) is 50.6 Å². The summed E-state index contributed by atoms with van der Waals surface area (Å²) >= 11 is 13.2. The Balaban J connectivity index is 2.14. The van der Waals surface area contributed by atoms with Crippen LogP contribution in [0, 0.1) is 0 Å². The van der Waals surface area contributed by atoms with Crippen molar-refractivity contribution in [1.82, 2.24) is 0 Å². The van der Waals surface area contributed by atoms with E-state index in [1.165, 1.54) is 11.3 Å². The van der Waals surface area contributed by atoms with Crippen LogP contribution in [0.15, 0.2) is 35.7 Å². The second-order valence-corrected chi connectivity index (χ2v) is 5.43. The first kappa shape index (κ1) is 13.4. The third-order valence-electron chi connectivity index (χ3n) is 2.32. The first-order valence-electron chi connectivity index (χ1n) is 5.13. The van der Waals surface area contributed by atoms with Gasteiger partial charge < -0.3 is 11.1 Å². The van der Waals surface area contributed by atoms with Crippen molar-refractivity contribution in [1.29, 1.82) is 0 Å². The number of thiophene rings is 1. The summed E-state index contributed by atoms with van der Waals surface area (Å²) in [6.07, 6.45) is 0. The summed E-state index contributed by atoms with van der Waals surface area (Å²) in [6, 6.07) is 7.81. The van der Waals surface area contributed by atoms with Gasteiger partial charge in [0.25, 0.3) is 0 Å². The number of benzene rings is 1. The Labute approximate surface area is 119 Å². The molecule has 0 aliphatic carbocycles. The fourth-order valence-electron chi connectivity index (χ4n) is 1.40. The third-order valence-corrected chi connectivity index (χ3v) is 3.84. The highest BCUT2D eigenvalue weighted by Crippen LogP contribution is 2.26. The van der Waals surface area contributed by atoms with Crippen molar-refractivity contribution in [2.45, 2.75) is 6.04 Å². The second-order valence-electron chi connectivity index (χ2n) is 3.61. The van der Waals surface area contributed by atoms with Crippen molar-refractivity contribution >= 4 is 46.1 Å². The van der Waals surface area contributed by atoms with Gasteiger partial charge in [0.15, 0.2) is 0 Å². The lowest BCUT2D eigenvalue weighted by molar-refractivity contribution is -0.117. The summed E-state index contributed by atoms with van der Waals surface area (Å²) in [5.74, 6) is -0.318. The minimum atomic E-state index is -0.708. The molecule has 0 saturated heterocycles. The van der Waals surface area contributed by atoms with Crippen LogP contribution in [0.25, 0.3) is 0 Å². The number of nitrogens with two attached hydrogens (primary N) is 1. The molecule has 6 heteroatoms. The fraction of sp³-hybridized carbons (Fsp3) is 0.0833. The van der Waals surface area contributed by atoms with Crippen LogP contribution in [0.4, 0.5) is 5.69 Å². The Hall–Kier alpha value is -1.07. The molecule has 0 spiro atoms. The smallest absolute Gasteiger partial charge is 0.246 e. The van der Waals surface area contributed by atoms with Gasteiger partial charge in [-0.25, -0.2) is 0 Å². The topological polar surface area (TPSA) is 55.1 Å². The van der Waals surface area contributed by atoms with Gasteiger partial charge in [0.05, 0.1) is 10.7 Å². The van der Waals surface area contributed by atoms with Crippen LogP contribution in [0.1, 0.15) is 10.9 Å². The predicted octanol–water partition coefficient (Wildman–Crippen LogP) is 3.69. The van der Waals surface area contributed by atoms with E-state index in [1.54, 1.807) is 18.2 Å². The molecule has 0 bridgehead atoms. The van der Waals surface area contributed by atoms with Crippen LogP contribution in [-0.2, 0) is 4.79 Å². The highest BCUT2D eigenvalue weighted by atomic mass is 35.5. The molecule has 1 aromatic carbocycles. The Kier molecular flexibility index (Phi) is 4.24. The molecule has 1 amide bonds. The number of anilines is 1. The molecular weight excluding hydrogens is 291 g/mol. The van der Waals surface area contributed by atoms with E-state index in [0.29, 0.717) is 15.7 Å². The minimum Gasteiger partial charge on any atom is -0.323 e. The summed E-state index contributed by atoms with van der Waals surface area (Å²) in [4.78, 5) is 12.7. The van der Waals surface area contributed by atoms with E-state index in [0.717, 1.165) is 4.88 Å². The lowest BCUT2D eigenvalue weighted by Crippen LogP contribution is -2.27. The van der Waals surface area contributed by atoms with E-state index >= 15 is 0 Å². The Bertz CT molecular complexity index is 557. The second kappa shape index (κ2) is 5.71. The van der Waals surface area contributed by atoms with Crippen molar-refractivity contribution in [2.75, 3.05) is 5.32 Å². The largest absolute Gasteiger partial charge is 0.323 e. The quantitative estimate of drug-likeness (QED) is 0.908. The molecular formula is C12H10Cl2N2OS. The van der Waals surface area contributed by atoms with Crippen LogP contribution in [0.3, 0.4) is 0 Å². The van der Waals surface area contributed by atoms with E-state index in [4.69, 9.17) is 28.9 Å². The zero-order valence-corrected chi connectivity index (χ0v) is 11.5. The molecule has 1 heterocycles. The van der Waals surface area contributed by atoms with Gasteiger partial charge in [0.2, 0.25) is 5.91 Å². The maximum absolute atomic E-state index is 11.9. The van der Waals surface area contributed by atoms with Crippen molar-refractivity contribution in [2.24, 2.45) is 5.73 Å². The molecule has 18 heavy (non-hydrogen) atoms. The molecule has 1 atom stereocenters. The molecule has 2 aromatic rings. The summed E-state index contributed by atoms with van der Waals surface area (Å²) < 4.78 is 0. The van der Waals surface area contributed by atoms with E-state index < -0.39 is 6.04 Å². The maximum Gasteiger partial charge on any atom is 0.246 e. The van der Waals surface area contributed by atoms with Crippen molar-refractivity contribution < 1.29 is 4.79 Å². The fourth-order valence-corrected chi connectivity index (χ4v) is 2.46. The zero-order valence-electron chi connectivity index (χ0n) is 9.19. The van der Waals surface area contributed by atoms with Crippen LogP contribution < -0.4 is 11.1 Å². The first-order valence-corrected chi connectivity index (χ1v) is 6.76. The van der Waals surface area contributed by atoms with Gasteiger partial charge in [-0.05, 0) is 29.6 Å². The Morgan fingerprint density at radius 1 is 1.33 bits per heavy atom. The zero-order chi connectivity index (χ0) is 13.1. The number of nitrogens with one attached hydrogen (secondary N) is 1. The van der Waals surface area contributed by atoms with Gasteiger partial charge in [0, 0.05) is 9.90 Å².